The quantitative estimate of drug-likeness (QED) is 0.913. The molecule has 0 amide bonds. The summed E-state index contributed by atoms with van der Waals surface area (Å²) < 4.78 is 2.63. The average molecular weight is 307 g/mol. The average Bonchev–Trinajstić information content (AvgIpc) is 2.95. The Morgan fingerprint density at radius 1 is 1.24 bits per heavy atom. The van der Waals surface area contributed by atoms with Crippen LogP contribution in [-0.2, 0) is 20.6 Å². The minimum atomic E-state index is -0.295. The molecule has 2 rings (SSSR count). The molecule has 2 heterocycles. The zero-order valence-electron chi connectivity index (χ0n) is 12.8. The number of thiophene rings is 1. The highest BCUT2D eigenvalue weighted by Crippen LogP contribution is 2.25. The molecule has 0 aliphatic heterocycles. The molecule has 114 valence electrons. The maximum absolute atomic E-state index is 11.9. The van der Waals surface area contributed by atoms with E-state index in [1.165, 1.54) is 22.6 Å². The molecule has 1 atom stereocenters. The van der Waals surface area contributed by atoms with Gasteiger partial charge in [-0.2, -0.15) is 0 Å². The van der Waals surface area contributed by atoms with E-state index in [4.69, 9.17) is 0 Å². The second kappa shape index (κ2) is 6.41. The first kappa shape index (κ1) is 15.7. The van der Waals surface area contributed by atoms with E-state index in [1.54, 1.807) is 18.4 Å². The predicted molar refractivity (Wildman–Crippen MR) is 85.7 cm³/mol. The first-order valence-corrected chi connectivity index (χ1v) is 7.82. The molecular formula is C15H21N3O2S. The van der Waals surface area contributed by atoms with Crippen LogP contribution >= 0.6 is 11.3 Å². The van der Waals surface area contributed by atoms with Gasteiger partial charge in [-0.25, -0.2) is 4.79 Å². The second-order valence-corrected chi connectivity index (χ2v) is 6.47. The van der Waals surface area contributed by atoms with Crippen molar-refractivity contribution in [3.63, 3.8) is 0 Å². The fourth-order valence-electron chi connectivity index (χ4n) is 2.30. The van der Waals surface area contributed by atoms with Gasteiger partial charge < -0.3 is 5.32 Å². The van der Waals surface area contributed by atoms with Crippen molar-refractivity contribution in [2.24, 2.45) is 20.0 Å². The Kier molecular flexibility index (Phi) is 4.80. The largest absolute Gasteiger partial charge is 0.330 e. The lowest BCUT2D eigenvalue weighted by molar-refractivity contribution is 0.409. The maximum atomic E-state index is 11.9. The summed E-state index contributed by atoms with van der Waals surface area (Å²) in [4.78, 5) is 24.9. The van der Waals surface area contributed by atoms with Crippen LogP contribution in [0.5, 0.6) is 0 Å². The molecule has 2 aromatic heterocycles. The molecule has 0 spiro atoms. The van der Waals surface area contributed by atoms with Crippen LogP contribution in [0.15, 0.2) is 33.2 Å². The number of hydrogen-bond donors (Lipinski definition) is 1. The van der Waals surface area contributed by atoms with Gasteiger partial charge in [-0.15, -0.1) is 11.3 Å². The SMILES string of the molecule is CC(C)[C@@H](NCc1cc(=O)n(C)c(=O)n1C)c1cccs1. The number of aromatic nitrogens is 2. The van der Waals surface area contributed by atoms with Crippen LogP contribution < -0.4 is 16.6 Å². The summed E-state index contributed by atoms with van der Waals surface area (Å²) in [6.07, 6.45) is 0. The fourth-order valence-corrected chi connectivity index (χ4v) is 3.27. The van der Waals surface area contributed by atoms with Crippen molar-refractivity contribution in [3.05, 3.63) is 55.0 Å². The van der Waals surface area contributed by atoms with Crippen LogP contribution in [0.4, 0.5) is 0 Å². The van der Waals surface area contributed by atoms with Crippen LogP contribution in [0.1, 0.15) is 30.5 Å². The van der Waals surface area contributed by atoms with Crippen LogP contribution in [-0.4, -0.2) is 9.13 Å². The van der Waals surface area contributed by atoms with Gasteiger partial charge in [0.05, 0.1) is 0 Å². The van der Waals surface area contributed by atoms with E-state index >= 15 is 0 Å². The van der Waals surface area contributed by atoms with Crippen LogP contribution in [0.2, 0.25) is 0 Å². The lowest BCUT2D eigenvalue weighted by atomic mass is 10.0. The summed E-state index contributed by atoms with van der Waals surface area (Å²) in [5.74, 6) is 0.423. The third-order valence-electron chi connectivity index (χ3n) is 3.64. The van der Waals surface area contributed by atoms with Crippen molar-refractivity contribution < 1.29 is 0 Å². The fraction of sp³-hybridized carbons (Fsp3) is 0.467. The van der Waals surface area contributed by atoms with Crippen molar-refractivity contribution in [2.75, 3.05) is 0 Å². The van der Waals surface area contributed by atoms with E-state index in [9.17, 15) is 9.59 Å². The summed E-state index contributed by atoms with van der Waals surface area (Å²) >= 11 is 1.71. The smallest absolute Gasteiger partial charge is 0.303 e. The Bertz CT molecular complexity index is 714. The molecule has 21 heavy (non-hydrogen) atoms. The Morgan fingerprint density at radius 3 is 2.52 bits per heavy atom. The Morgan fingerprint density at radius 2 is 1.95 bits per heavy atom. The highest BCUT2D eigenvalue weighted by Gasteiger charge is 2.17. The zero-order valence-corrected chi connectivity index (χ0v) is 13.6. The molecule has 0 fully saturated rings. The van der Waals surface area contributed by atoms with Crippen molar-refractivity contribution in [1.29, 1.82) is 0 Å². The normalized spacial score (nSPS) is 12.8. The van der Waals surface area contributed by atoms with E-state index in [2.05, 4.69) is 30.6 Å². The third-order valence-corrected chi connectivity index (χ3v) is 4.60. The van der Waals surface area contributed by atoms with Gasteiger partial charge >= 0.3 is 5.69 Å². The first-order chi connectivity index (χ1) is 9.91. The molecule has 0 aliphatic rings. The highest BCUT2D eigenvalue weighted by atomic mass is 32.1. The monoisotopic (exact) mass is 307 g/mol. The van der Waals surface area contributed by atoms with Gasteiger partial charge in [0.25, 0.3) is 5.56 Å². The molecule has 2 aromatic rings. The molecule has 0 aliphatic carbocycles. The summed E-state index contributed by atoms with van der Waals surface area (Å²) in [7, 11) is 3.18. The molecule has 1 N–H and O–H groups in total. The minimum absolute atomic E-state index is 0.212. The molecule has 0 saturated carbocycles. The van der Waals surface area contributed by atoms with Gasteiger partial charge in [0.15, 0.2) is 0 Å². The number of rotatable bonds is 5. The number of nitrogens with zero attached hydrogens (tertiary/aromatic N) is 2. The van der Waals surface area contributed by atoms with E-state index in [1.807, 2.05) is 6.07 Å². The van der Waals surface area contributed by atoms with Crippen molar-refractivity contribution in [3.8, 4) is 0 Å². The van der Waals surface area contributed by atoms with E-state index in [-0.39, 0.29) is 17.3 Å². The number of nitrogens with one attached hydrogen (secondary N) is 1. The lowest BCUT2D eigenvalue weighted by Gasteiger charge is -2.22. The van der Waals surface area contributed by atoms with Crippen molar-refractivity contribution in [2.45, 2.75) is 26.4 Å². The topological polar surface area (TPSA) is 56.0 Å². The Balaban J connectivity index is 2.23. The summed E-state index contributed by atoms with van der Waals surface area (Å²) in [6.45, 7) is 4.80. The molecule has 5 nitrogen and oxygen atoms in total. The van der Waals surface area contributed by atoms with Crippen LogP contribution in [0.25, 0.3) is 0 Å². The van der Waals surface area contributed by atoms with E-state index < -0.39 is 0 Å². The van der Waals surface area contributed by atoms with Gasteiger partial charge in [-0.05, 0) is 17.4 Å². The van der Waals surface area contributed by atoms with Gasteiger partial charge in [-0.3, -0.25) is 13.9 Å². The summed E-state index contributed by atoms with van der Waals surface area (Å²) in [6, 6.07) is 5.86. The molecule has 0 unspecified atom stereocenters. The summed E-state index contributed by atoms with van der Waals surface area (Å²) in [5.41, 5.74) is 0.133. The zero-order chi connectivity index (χ0) is 15.6. The minimum Gasteiger partial charge on any atom is -0.303 e. The maximum Gasteiger partial charge on any atom is 0.330 e. The van der Waals surface area contributed by atoms with Crippen LogP contribution in [0.3, 0.4) is 0 Å². The highest BCUT2D eigenvalue weighted by molar-refractivity contribution is 7.10. The van der Waals surface area contributed by atoms with E-state index in [0.29, 0.717) is 18.2 Å². The van der Waals surface area contributed by atoms with Gasteiger partial charge in [0.1, 0.15) is 0 Å². The van der Waals surface area contributed by atoms with Crippen LogP contribution in [0, 0.1) is 5.92 Å². The summed E-state index contributed by atoms with van der Waals surface area (Å²) in [5, 5.41) is 5.51. The second-order valence-electron chi connectivity index (χ2n) is 5.49. The first-order valence-electron chi connectivity index (χ1n) is 6.94. The molecule has 0 bridgehead atoms. The molecular weight excluding hydrogens is 286 g/mol. The Labute approximate surface area is 127 Å². The third kappa shape index (κ3) is 3.33. The standard InChI is InChI=1S/C15H21N3O2S/c1-10(2)14(12-6-5-7-21-12)16-9-11-8-13(19)18(4)15(20)17(11)3/h5-8,10,14,16H,9H2,1-4H3/t14-/m1/s1. The van der Waals surface area contributed by atoms with Gasteiger partial charge in [0, 0.05) is 43.3 Å². The van der Waals surface area contributed by atoms with Crippen molar-refractivity contribution in [1.82, 2.24) is 14.5 Å². The van der Waals surface area contributed by atoms with E-state index in [0.717, 1.165) is 4.57 Å². The van der Waals surface area contributed by atoms with Crippen molar-refractivity contribution >= 4 is 11.3 Å². The van der Waals surface area contributed by atoms with Gasteiger partial charge in [0.2, 0.25) is 0 Å². The molecule has 0 radical (unpaired) electrons. The lowest BCUT2D eigenvalue weighted by Crippen LogP contribution is -2.39. The Hall–Kier alpha value is -1.66. The predicted octanol–water partition coefficient (Wildman–Crippen LogP) is 1.63. The van der Waals surface area contributed by atoms with Gasteiger partial charge in [-0.1, -0.05) is 19.9 Å². The molecule has 6 heteroatoms. The molecule has 0 aromatic carbocycles. The number of hydrogen-bond acceptors (Lipinski definition) is 4. The molecule has 0 saturated heterocycles.